The van der Waals surface area contributed by atoms with Gasteiger partial charge in [0.05, 0.1) is 12.0 Å². The molecule has 0 radical (unpaired) electrons. The van der Waals surface area contributed by atoms with Crippen LogP contribution in [0.25, 0.3) is 0 Å². The summed E-state index contributed by atoms with van der Waals surface area (Å²) in [4.78, 5) is 0. The van der Waals surface area contributed by atoms with E-state index in [1.165, 1.54) is 43.4 Å². The van der Waals surface area contributed by atoms with Crippen molar-refractivity contribution in [1.82, 2.24) is 0 Å². The first kappa shape index (κ1) is 13.4. The van der Waals surface area contributed by atoms with Crippen molar-refractivity contribution < 1.29 is 4.74 Å². The number of allylic oxidation sites excluding steroid dienone is 1. The van der Waals surface area contributed by atoms with Gasteiger partial charge in [-0.1, -0.05) is 49.6 Å². The molecule has 2 aliphatic heterocycles. The minimum atomic E-state index is -0.276. The van der Waals surface area contributed by atoms with Crippen LogP contribution in [0.2, 0.25) is 0 Å². The Balaban J connectivity index is 1.71. The highest BCUT2D eigenvalue weighted by molar-refractivity contribution is 5.66. The van der Waals surface area contributed by atoms with Gasteiger partial charge in [0, 0.05) is 5.69 Å². The normalized spacial score (nSPS) is 35.7. The molecule has 4 rings (SSSR count). The highest BCUT2D eigenvalue weighted by Gasteiger charge is 2.58. The van der Waals surface area contributed by atoms with Crippen molar-refractivity contribution in [2.24, 2.45) is 5.92 Å². The summed E-state index contributed by atoms with van der Waals surface area (Å²) in [6.45, 7) is 3.05. The van der Waals surface area contributed by atoms with Gasteiger partial charge < -0.3 is 10.1 Å². The summed E-state index contributed by atoms with van der Waals surface area (Å²) in [6.07, 6.45) is 13.0. The molecule has 0 bridgehead atoms. The molecular formula is C19H25NO. The number of nitrogens with one attached hydrogen (secondary N) is 1. The lowest BCUT2D eigenvalue weighted by molar-refractivity contribution is 0.0250. The minimum Gasteiger partial charge on any atom is -0.357 e. The molecule has 2 heterocycles. The van der Waals surface area contributed by atoms with Crippen LogP contribution in [0.3, 0.4) is 0 Å². The number of benzene rings is 1. The van der Waals surface area contributed by atoms with Gasteiger partial charge in [0.2, 0.25) is 0 Å². The highest BCUT2D eigenvalue weighted by atomic mass is 16.5. The lowest BCUT2D eigenvalue weighted by Crippen LogP contribution is -2.45. The number of para-hydroxylation sites is 1. The van der Waals surface area contributed by atoms with Crippen LogP contribution in [0.1, 0.15) is 51.0 Å². The molecule has 0 spiro atoms. The van der Waals surface area contributed by atoms with E-state index >= 15 is 0 Å². The third-order valence-electron chi connectivity index (χ3n) is 5.82. The van der Waals surface area contributed by atoms with E-state index in [1.807, 2.05) is 0 Å². The molecule has 2 nitrogen and oxygen atoms in total. The number of ether oxygens (including phenoxy) is 1. The minimum absolute atomic E-state index is 0.0149. The Labute approximate surface area is 127 Å². The van der Waals surface area contributed by atoms with Crippen LogP contribution >= 0.6 is 0 Å². The smallest absolute Gasteiger partial charge is 0.149 e. The number of anilines is 1. The van der Waals surface area contributed by atoms with Crippen LogP contribution in [0.15, 0.2) is 36.4 Å². The van der Waals surface area contributed by atoms with Gasteiger partial charge in [-0.15, -0.1) is 0 Å². The quantitative estimate of drug-likeness (QED) is 0.799. The van der Waals surface area contributed by atoms with E-state index in [0.717, 1.165) is 18.9 Å². The van der Waals surface area contributed by atoms with Gasteiger partial charge in [-0.2, -0.15) is 0 Å². The molecule has 2 fully saturated rings. The molecule has 0 unspecified atom stereocenters. The second-order valence-electron chi connectivity index (χ2n) is 7.03. The molecular weight excluding hydrogens is 258 g/mol. The standard InChI is InChI=1S/C19H25NO/c1-18-19(13-14-21-18,12-11-15-7-3-2-4-8-15)16-9-5-6-10-17(16)20-18/h5-6,9-12,15,20H,2-4,7-8,13-14H2,1H3/b12-11+/t18-,19-/m0/s1. The predicted molar refractivity (Wildman–Crippen MR) is 86.4 cm³/mol. The van der Waals surface area contributed by atoms with Gasteiger partial charge >= 0.3 is 0 Å². The van der Waals surface area contributed by atoms with Crippen LogP contribution in [-0.4, -0.2) is 12.3 Å². The maximum atomic E-state index is 6.13. The van der Waals surface area contributed by atoms with Gasteiger partial charge in [-0.3, -0.25) is 0 Å². The van der Waals surface area contributed by atoms with E-state index in [1.54, 1.807) is 0 Å². The largest absolute Gasteiger partial charge is 0.357 e. The lowest BCUT2D eigenvalue weighted by Gasteiger charge is -2.34. The van der Waals surface area contributed by atoms with Gasteiger partial charge in [-0.25, -0.2) is 0 Å². The lowest BCUT2D eigenvalue weighted by atomic mass is 9.73. The molecule has 0 amide bonds. The van der Waals surface area contributed by atoms with Crippen LogP contribution in [0, 0.1) is 5.92 Å². The first-order chi connectivity index (χ1) is 10.2. The van der Waals surface area contributed by atoms with Crippen molar-refractivity contribution >= 4 is 5.69 Å². The topological polar surface area (TPSA) is 21.3 Å². The third kappa shape index (κ3) is 1.96. The van der Waals surface area contributed by atoms with Crippen molar-refractivity contribution in [3.8, 4) is 0 Å². The van der Waals surface area contributed by atoms with Gasteiger partial charge in [0.25, 0.3) is 0 Å². The number of hydrogen-bond acceptors (Lipinski definition) is 2. The molecule has 1 saturated heterocycles. The van der Waals surface area contributed by atoms with Crippen molar-refractivity contribution in [1.29, 1.82) is 0 Å². The molecule has 1 aliphatic carbocycles. The Hall–Kier alpha value is -1.28. The maximum absolute atomic E-state index is 6.13. The Kier molecular flexibility index (Phi) is 3.11. The van der Waals surface area contributed by atoms with E-state index in [9.17, 15) is 0 Å². The van der Waals surface area contributed by atoms with Crippen LogP contribution in [-0.2, 0) is 10.2 Å². The molecule has 1 N–H and O–H groups in total. The first-order valence-electron chi connectivity index (χ1n) is 8.45. The zero-order valence-corrected chi connectivity index (χ0v) is 12.9. The first-order valence-corrected chi connectivity index (χ1v) is 8.45. The van der Waals surface area contributed by atoms with E-state index in [-0.39, 0.29) is 11.1 Å². The van der Waals surface area contributed by atoms with Crippen molar-refractivity contribution in [3.05, 3.63) is 42.0 Å². The average Bonchev–Trinajstić information content (AvgIpc) is 2.95. The maximum Gasteiger partial charge on any atom is 0.149 e. The average molecular weight is 283 g/mol. The predicted octanol–water partition coefficient (Wildman–Crippen LogP) is 4.62. The molecule has 1 aromatic carbocycles. The summed E-state index contributed by atoms with van der Waals surface area (Å²) >= 11 is 0. The molecule has 2 heteroatoms. The monoisotopic (exact) mass is 283 g/mol. The molecule has 112 valence electrons. The Morgan fingerprint density at radius 2 is 2.00 bits per heavy atom. The molecule has 3 aliphatic rings. The highest BCUT2D eigenvalue weighted by Crippen LogP contribution is 2.54. The van der Waals surface area contributed by atoms with E-state index in [2.05, 4.69) is 48.7 Å². The van der Waals surface area contributed by atoms with Crippen LogP contribution in [0.4, 0.5) is 5.69 Å². The van der Waals surface area contributed by atoms with Gasteiger partial charge in [0.15, 0.2) is 0 Å². The molecule has 0 aromatic heterocycles. The number of rotatable bonds is 2. The Bertz CT molecular complexity index is 560. The summed E-state index contributed by atoms with van der Waals surface area (Å²) < 4.78 is 6.13. The number of fused-ring (bicyclic) bond motifs is 3. The van der Waals surface area contributed by atoms with Crippen molar-refractivity contribution in [3.63, 3.8) is 0 Å². The third-order valence-corrected chi connectivity index (χ3v) is 5.82. The van der Waals surface area contributed by atoms with Gasteiger partial charge in [-0.05, 0) is 43.7 Å². The second-order valence-corrected chi connectivity index (χ2v) is 7.03. The summed E-state index contributed by atoms with van der Waals surface area (Å²) in [6, 6.07) is 8.71. The van der Waals surface area contributed by atoms with Crippen molar-refractivity contribution in [2.45, 2.75) is 56.6 Å². The summed E-state index contributed by atoms with van der Waals surface area (Å²) in [5.41, 5.74) is 2.40. The fourth-order valence-corrected chi connectivity index (χ4v) is 4.52. The fraction of sp³-hybridized carbons (Fsp3) is 0.579. The van der Waals surface area contributed by atoms with Crippen molar-refractivity contribution in [2.75, 3.05) is 11.9 Å². The molecule has 1 saturated carbocycles. The molecule has 2 atom stereocenters. The second kappa shape index (κ2) is 4.88. The molecule has 1 aromatic rings. The SMILES string of the molecule is C[C@@]12Nc3ccccc3[C@]1(/C=C/C1CCCCC1)CCO2. The Morgan fingerprint density at radius 3 is 2.86 bits per heavy atom. The van der Waals surface area contributed by atoms with E-state index in [0.29, 0.717) is 0 Å². The summed E-state index contributed by atoms with van der Waals surface area (Å²) in [5, 5.41) is 3.63. The van der Waals surface area contributed by atoms with E-state index in [4.69, 9.17) is 4.74 Å². The van der Waals surface area contributed by atoms with Crippen LogP contribution < -0.4 is 5.32 Å². The summed E-state index contributed by atoms with van der Waals surface area (Å²) in [7, 11) is 0. The zero-order valence-electron chi connectivity index (χ0n) is 12.9. The van der Waals surface area contributed by atoms with Gasteiger partial charge in [0.1, 0.15) is 5.72 Å². The number of hydrogen-bond donors (Lipinski definition) is 1. The zero-order chi connectivity index (χ0) is 14.3. The summed E-state index contributed by atoms with van der Waals surface area (Å²) in [5.74, 6) is 0.769. The van der Waals surface area contributed by atoms with Crippen LogP contribution in [0.5, 0.6) is 0 Å². The fourth-order valence-electron chi connectivity index (χ4n) is 4.52. The molecule has 21 heavy (non-hydrogen) atoms. The Morgan fingerprint density at radius 1 is 1.19 bits per heavy atom. The van der Waals surface area contributed by atoms with E-state index < -0.39 is 0 Å².